The minimum absolute atomic E-state index is 0.133. The van der Waals surface area contributed by atoms with Gasteiger partial charge in [-0.1, -0.05) is 35.3 Å². The van der Waals surface area contributed by atoms with E-state index in [1.165, 1.54) is 0 Å². The Bertz CT molecular complexity index is 589. The van der Waals surface area contributed by atoms with Gasteiger partial charge in [0.15, 0.2) is 5.78 Å². The number of rotatable bonds is 4. The van der Waals surface area contributed by atoms with Crippen molar-refractivity contribution in [1.29, 1.82) is 0 Å². The summed E-state index contributed by atoms with van der Waals surface area (Å²) in [7, 11) is 0. The molecule has 4 heteroatoms. The number of benzene rings is 2. The summed E-state index contributed by atoms with van der Waals surface area (Å²) in [5.41, 5.74) is 1.01. The first-order valence-electron chi connectivity index (χ1n) is 5.84. The van der Waals surface area contributed by atoms with Gasteiger partial charge in [-0.05, 0) is 37.3 Å². The molecule has 0 fully saturated rings. The summed E-state index contributed by atoms with van der Waals surface area (Å²) in [4.78, 5) is 12.3. The Hall–Kier alpha value is -1.51. The van der Waals surface area contributed by atoms with Gasteiger partial charge in [-0.25, -0.2) is 0 Å². The fourth-order valence-corrected chi connectivity index (χ4v) is 2.27. The minimum Gasteiger partial charge on any atom is -0.494 e. The molecule has 0 heterocycles. The predicted molar refractivity (Wildman–Crippen MR) is 77.5 cm³/mol. The fourth-order valence-electron chi connectivity index (χ4n) is 1.75. The number of carbonyl (C=O) groups excluding carboxylic acids is 1. The van der Waals surface area contributed by atoms with Crippen LogP contribution in [0.5, 0.6) is 5.75 Å². The molecule has 19 heavy (non-hydrogen) atoms. The molecule has 2 aromatic carbocycles. The third kappa shape index (κ3) is 3.49. The molecule has 0 aliphatic carbocycles. The van der Waals surface area contributed by atoms with Gasteiger partial charge in [-0.2, -0.15) is 0 Å². The van der Waals surface area contributed by atoms with E-state index in [-0.39, 0.29) is 5.78 Å². The predicted octanol–water partition coefficient (Wildman–Crippen LogP) is 4.62. The highest BCUT2D eigenvalue weighted by atomic mass is 35.5. The average Bonchev–Trinajstić information content (AvgIpc) is 2.37. The van der Waals surface area contributed by atoms with Crippen molar-refractivity contribution in [1.82, 2.24) is 0 Å². The topological polar surface area (TPSA) is 26.3 Å². The van der Waals surface area contributed by atoms with Crippen molar-refractivity contribution in [2.75, 3.05) is 6.61 Å². The van der Waals surface area contributed by atoms with Crippen molar-refractivity contribution < 1.29 is 9.53 Å². The monoisotopic (exact) mass is 294 g/mol. The normalized spacial score (nSPS) is 10.3. The molecule has 0 aromatic heterocycles. The molecule has 98 valence electrons. The molecular formula is C15H12Cl2O2. The van der Waals surface area contributed by atoms with E-state index >= 15 is 0 Å². The zero-order chi connectivity index (χ0) is 13.8. The van der Waals surface area contributed by atoms with Crippen molar-refractivity contribution >= 4 is 29.0 Å². The zero-order valence-electron chi connectivity index (χ0n) is 10.3. The number of carbonyl (C=O) groups is 1. The highest BCUT2D eigenvalue weighted by Gasteiger charge is 2.11. The van der Waals surface area contributed by atoms with Crippen molar-refractivity contribution in [3.8, 4) is 5.75 Å². The molecule has 0 atom stereocenters. The van der Waals surface area contributed by atoms with Crippen molar-refractivity contribution in [3.05, 3.63) is 63.6 Å². The maximum absolute atomic E-state index is 12.3. The SMILES string of the molecule is CCOc1cccc(C(=O)c2cc(Cl)cc(Cl)c2)c1. The van der Waals surface area contributed by atoms with E-state index in [1.54, 1.807) is 36.4 Å². The maximum Gasteiger partial charge on any atom is 0.193 e. The van der Waals surface area contributed by atoms with Crippen LogP contribution < -0.4 is 4.74 Å². The highest BCUT2D eigenvalue weighted by Crippen LogP contribution is 2.22. The molecule has 0 spiro atoms. The first-order valence-corrected chi connectivity index (χ1v) is 6.59. The summed E-state index contributed by atoms with van der Waals surface area (Å²) in [5.74, 6) is 0.535. The van der Waals surface area contributed by atoms with Crippen molar-refractivity contribution in [2.24, 2.45) is 0 Å². The molecule has 0 aliphatic heterocycles. The second-order valence-corrected chi connectivity index (χ2v) is 4.82. The molecule has 2 rings (SSSR count). The summed E-state index contributed by atoms with van der Waals surface area (Å²) in [6.45, 7) is 2.45. The molecule has 0 aliphatic rings. The van der Waals surface area contributed by atoms with Crippen LogP contribution in [-0.2, 0) is 0 Å². The van der Waals surface area contributed by atoms with Gasteiger partial charge in [0, 0.05) is 21.2 Å². The van der Waals surface area contributed by atoms with E-state index in [0.717, 1.165) is 0 Å². The van der Waals surface area contributed by atoms with Gasteiger partial charge in [0.25, 0.3) is 0 Å². The smallest absolute Gasteiger partial charge is 0.193 e. The number of ketones is 1. The molecule has 0 amide bonds. The van der Waals surface area contributed by atoms with Crippen LogP contribution in [-0.4, -0.2) is 12.4 Å². The summed E-state index contributed by atoms with van der Waals surface area (Å²) in [6, 6.07) is 11.8. The van der Waals surface area contributed by atoms with Crippen LogP contribution in [0.4, 0.5) is 0 Å². The molecule has 0 unspecified atom stereocenters. The van der Waals surface area contributed by atoms with Gasteiger partial charge in [0.1, 0.15) is 5.75 Å². The Kier molecular flexibility index (Phi) is 4.46. The average molecular weight is 295 g/mol. The lowest BCUT2D eigenvalue weighted by Gasteiger charge is -2.06. The third-order valence-electron chi connectivity index (χ3n) is 2.53. The Morgan fingerprint density at radius 3 is 2.37 bits per heavy atom. The van der Waals surface area contributed by atoms with E-state index < -0.39 is 0 Å². The van der Waals surface area contributed by atoms with Crippen LogP contribution in [0.3, 0.4) is 0 Å². The number of hydrogen-bond donors (Lipinski definition) is 0. The Labute approximate surface area is 121 Å². The lowest BCUT2D eigenvalue weighted by Crippen LogP contribution is -2.02. The maximum atomic E-state index is 12.3. The summed E-state index contributed by atoms with van der Waals surface area (Å²) in [6.07, 6.45) is 0. The molecule has 0 N–H and O–H groups in total. The number of hydrogen-bond acceptors (Lipinski definition) is 2. The standard InChI is InChI=1S/C15H12Cl2O2/c1-2-19-14-5-3-4-10(8-14)15(18)11-6-12(16)9-13(17)7-11/h3-9H,2H2,1H3. The second kappa shape index (κ2) is 6.09. The molecular weight excluding hydrogens is 283 g/mol. The van der Waals surface area contributed by atoms with E-state index in [2.05, 4.69) is 0 Å². The lowest BCUT2D eigenvalue weighted by atomic mass is 10.0. The molecule has 0 bridgehead atoms. The van der Waals surface area contributed by atoms with Gasteiger partial charge in [-0.15, -0.1) is 0 Å². The Morgan fingerprint density at radius 2 is 1.74 bits per heavy atom. The Balaban J connectivity index is 2.35. The zero-order valence-corrected chi connectivity index (χ0v) is 11.8. The largest absolute Gasteiger partial charge is 0.494 e. The highest BCUT2D eigenvalue weighted by molar-refractivity contribution is 6.35. The molecule has 0 saturated heterocycles. The van der Waals surface area contributed by atoms with Crippen LogP contribution in [0.1, 0.15) is 22.8 Å². The van der Waals surface area contributed by atoms with Gasteiger partial charge in [-0.3, -0.25) is 4.79 Å². The number of ether oxygens (including phenoxy) is 1. The van der Waals surface area contributed by atoms with Crippen LogP contribution in [0.25, 0.3) is 0 Å². The van der Waals surface area contributed by atoms with Crippen LogP contribution in [0.15, 0.2) is 42.5 Å². The van der Waals surface area contributed by atoms with Gasteiger partial charge in [0.2, 0.25) is 0 Å². The minimum atomic E-state index is -0.133. The fraction of sp³-hybridized carbons (Fsp3) is 0.133. The quantitative estimate of drug-likeness (QED) is 0.769. The van der Waals surface area contributed by atoms with Crippen molar-refractivity contribution in [3.63, 3.8) is 0 Å². The molecule has 0 saturated carbocycles. The van der Waals surface area contributed by atoms with E-state index in [4.69, 9.17) is 27.9 Å². The lowest BCUT2D eigenvalue weighted by molar-refractivity contribution is 0.103. The second-order valence-electron chi connectivity index (χ2n) is 3.95. The summed E-state index contributed by atoms with van der Waals surface area (Å²) < 4.78 is 5.38. The Morgan fingerprint density at radius 1 is 1.05 bits per heavy atom. The van der Waals surface area contributed by atoms with Crippen molar-refractivity contribution in [2.45, 2.75) is 6.92 Å². The molecule has 2 aromatic rings. The van der Waals surface area contributed by atoms with Crippen LogP contribution >= 0.6 is 23.2 Å². The van der Waals surface area contributed by atoms with Gasteiger partial charge < -0.3 is 4.74 Å². The molecule has 0 radical (unpaired) electrons. The van der Waals surface area contributed by atoms with Crippen LogP contribution in [0.2, 0.25) is 10.0 Å². The summed E-state index contributed by atoms with van der Waals surface area (Å²) >= 11 is 11.8. The van der Waals surface area contributed by atoms with E-state index in [9.17, 15) is 4.79 Å². The summed E-state index contributed by atoms with van der Waals surface area (Å²) in [5, 5.41) is 0.883. The van der Waals surface area contributed by atoms with Crippen LogP contribution in [0, 0.1) is 0 Å². The van der Waals surface area contributed by atoms with Gasteiger partial charge >= 0.3 is 0 Å². The first kappa shape index (κ1) is 13.9. The van der Waals surface area contributed by atoms with Gasteiger partial charge in [0.05, 0.1) is 6.61 Å². The molecule has 2 nitrogen and oxygen atoms in total. The van der Waals surface area contributed by atoms with E-state index in [0.29, 0.717) is 33.5 Å². The third-order valence-corrected chi connectivity index (χ3v) is 2.97. The number of halogens is 2. The van der Waals surface area contributed by atoms with E-state index in [1.807, 2.05) is 13.0 Å². The first-order chi connectivity index (χ1) is 9.10.